The molecule has 6 heteroatoms. The van der Waals surface area contributed by atoms with E-state index >= 15 is 0 Å². The molecule has 20 heavy (non-hydrogen) atoms. The SMILES string of the molecule is O=C(CNc1ccc(I)cc1Cl)Nc1cccc(Cl)c1. The van der Waals surface area contributed by atoms with Crippen LogP contribution < -0.4 is 10.6 Å². The van der Waals surface area contributed by atoms with Gasteiger partial charge in [0.1, 0.15) is 0 Å². The monoisotopic (exact) mass is 420 g/mol. The lowest BCUT2D eigenvalue weighted by Gasteiger charge is -2.09. The summed E-state index contributed by atoms with van der Waals surface area (Å²) in [5.41, 5.74) is 1.39. The van der Waals surface area contributed by atoms with Gasteiger partial charge in [-0.05, 0) is 59.0 Å². The van der Waals surface area contributed by atoms with Crippen molar-refractivity contribution in [2.75, 3.05) is 17.2 Å². The zero-order valence-corrected chi connectivity index (χ0v) is 14.0. The van der Waals surface area contributed by atoms with Crippen molar-refractivity contribution >= 4 is 63.1 Å². The predicted octanol–water partition coefficient (Wildman–Crippen LogP) is 4.65. The largest absolute Gasteiger partial charge is 0.375 e. The maximum Gasteiger partial charge on any atom is 0.243 e. The van der Waals surface area contributed by atoms with Crippen LogP contribution in [0.2, 0.25) is 10.0 Å². The number of anilines is 2. The molecule has 0 atom stereocenters. The van der Waals surface area contributed by atoms with Gasteiger partial charge >= 0.3 is 0 Å². The van der Waals surface area contributed by atoms with Crippen molar-refractivity contribution in [3.63, 3.8) is 0 Å². The molecule has 0 fully saturated rings. The average Bonchev–Trinajstić information content (AvgIpc) is 2.37. The minimum atomic E-state index is -0.165. The Labute approximate surface area is 140 Å². The van der Waals surface area contributed by atoms with Crippen LogP contribution in [-0.4, -0.2) is 12.5 Å². The van der Waals surface area contributed by atoms with E-state index in [4.69, 9.17) is 23.2 Å². The fourth-order valence-electron chi connectivity index (χ4n) is 1.58. The van der Waals surface area contributed by atoms with Gasteiger partial charge in [-0.3, -0.25) is 4.79 Å². The number of nitrogens with one attached hydrogen (secondary N) is 2. The zero-order valence-electron chi connectivity index (χ0n) is 10.3. The van der Waals surface area contributed by atoms with E-state index < -0.39 is 0 Å². The molecule has 0 radical (unpaired) electrons. The van der Waals surface area contributed by atoms with Crippen LogP contribution in [0.25, 0.3) is 0 Å². The zero-order chi connectivity index (χ0) is 14.5. The Balaban J connectivity index is 1.92. The van der Waals surface area contributed by atoms with Crippen molar-refractivity contribution in [3.8, 4) is 0 Å². The average molecular weight is 421 g/mol. The van der Waals surface area contributed by atoms with Gasteiger partial charge in [0.15, 0.2) is 0 Å². The van der Waals surface area contributed by atoms with E-state index in [1.165, 1.54) is 0 Å². The smallest absolute Gasteiger partial charge is 0.243 e. The van der Waals surface area contributed by atoms with E-state index in [2.05, 4.69) is 33.2 Å². The summed E-state index contributed by atoms with van der Waals surface area (Å²) in [4.78, 5) is 11.8. The van der Waals surface area contributed by atoms with Gasteiger partial charge in [0.2, 0.25) is 5.91 Å². The Bertz CT molecular complexity index is 634. The first kappa shape index (κ1) is 15.4. The number of amides is 1. The second-order valence-corrected chi connectivity index (χ2v) is 6.13. The Morgan fingerprint density at radius 1 is 1.15 bits per heavy atom. The topological polar surface area (TPSA) is 41.1 Å². The third kappa shape index (κ3) is 4.54. The predicted molar refractivity (Wildman–Crippen MR) is 92.7 cm³/mol. The van der Waals surface area contributed by atoms with Gasteiger partial charge < -0.3 is 10.6 Å². The molecule has 0 unspecified atom stereocenters. The second kappa shape index (κ2) is 7.15. The molecule has 2 N–H and O–H groups in total. The Hall–Kier alpha value is -0.980. The normalized spacial score (nSPS) is 10.2. The van der Waals surface area contributed by atoms with Gasteiger partial charge in [-0.1, -0.05) is 29.3 Å². The highest BCUT2D eigenvalue weighted by molar-refractivity contribution is 14.1. The van der Waals surface area contributed by atoms with E-state index in [9.17, 15) is 4.79 Å². The molecule has 1 amide bonds. The van der Waals surface area contributed by atoms with E-state index in [1.54, 1.807) is 24.3 Å². The molecule has 0 aliphatic rings. The molecule has 0 aliphatic heterocycles. The molecule has 0 spiro atoms. The Morgan fingerprint density at radius 2 is 1.95 bits per heavy atom. The summed E-state index contributed by atoms with van der Waals surface area (Å²) < 4.78 is 1.04. The minimum Gasteiger partial charge on any atom is -0.375 e. The molecule has 0 bridgehead atoms. The van der Waals surface area contributed by atoms with Crippen LogP contribution in [-0.2, 0) is 4.79 Å². The Morgan fingerprint density at radius 3 is 2.65 bits per heavy atom. The van der Waals surface area contributed by atoms with Crippen molar-refractivity contribution in [1.82, 2.24) is 0 Å². The summed E-state index contributed by atoms with van der Waals surface area (Å²) in [6.07, 6.45) is 0. The van der Waals surface area contributed by atoms with E-state index in [0.717, 1.165) is 9.26 Å². The van der Waals surface area contributed by atoms with Crippen LogP contribution in [0.4, 0.5) is 11.4 Å². The highest BCUT2D eigenvalue weighted by Gasteiger charge is 2.05. The lowest BCUT2D eigenvalue weighted by atomic mass is 10.3. The van der Waals surface area contributed by atoms with Gasteiger partial charge in [0.25, 0.3) is 0 Å². The molecule has 0 aliphatic carbocycles. The van der Waals surface area contributed by atoms with Crippen molar-refractivity contribution in [3.05, 3.63) is 56.1 Å². The molecule has 0 heterocycles. The lowest BCUT2D eigenvalue weighted by Crippen LogP contribution is -2.21. The van der Waals surface area contributed by atoms with Gasteiger partial charge in [-0.15, -0.1) is 0 Å². The Kier molecular flexibility index (Phi) is 5.51. The number of carbonyl (C=O) groups is 1. The summed E-state index contributed by atoms with van der Waals surface area (Å²) in [7, 11) is 0. The van der Waals surface area contributed by atoms with Gasteiger partial charge in [0.05, 0.1) is 17.3 Å². The fraction of sp³-hybridized carbons (Fsp3) is 0.0714. The first-order chi connectivity index (χ1) is 9.54. The molecule has 0 saturated carbocycles. The molecule has 2 rings (SSSR count). The standard InChI is InChI=1S/C14H11Cl2IN2O/c15-9-2-1-3-11(6-9)19-14(20)8-18-13-5-4-10(17)7-12(13)16/h1-7,18H,8H2,(H,19,20). The van der Waals surface area contributed by atoms with Crippen LogP contribution >= 0.6 is 45.8 Å². The van der Waals surface area contributed by atoms with Crippen LogP contribution in [0.5, 0.6) is 0 Å². The summed E-state index contributed by atoms with van der Waals surface area (Å²) in [5.74, 6) is -0.165. The van der Waals surface area contributed by atoms with Crippen LogP contribution in [0.3, 0.4) is 0 Å². The fourth-order valence-corrected chi connectivity index (χ4v) is 2.69. The van der Waals surface area contributed by atoms with Gasteiger partial charge in [0, 0.05) is 14.3 Å². The molecule has 0 aromatic heterocycles. The third-order valence-electron chi connectivity index (χ3n) is 2.48. The second-order valence-electron chi connectivity index (χ2n) is 4.04. The third-order valence-corrected chi connectivity index (χ3v) is 3.70. The summed E-state index contributed by atoms with van der Waals surface area (Å²) in [6, 6.07) is 12.6. The molecule has 3 nitrogen and oxygen atoms in total. The first-order valence-electron chi connectivity index (χ1n) is 5.79. The number of hydrogen-bond acceptors (Lipinski definition) is 2. The van der Waals surface area contributed by atoms with E-state index in [0.29, 0.717) is 15.7 Å². The molecule has 104 valence electrons. The highest BCUT2D eigenvalue weighted by atomic mass is 127. The number of halogens is 3. The molecule has 0 saturated heterocycles. The molecular formula is C14H11Cl2IN2O. The van der Waals surface area contributed by atoms with Gasteiger partial charge in [-0.2, -0.15) is 0 Å². The summed E-state index contributed by atoms with van der Waals surface area (Å²) in [6.45, 7) is 0.132. The van der Waals surface area contributed by atoms with Crippen LogP contribution in [0.15, 0.2) is 42.5 Å². The minimum absolute atomic E-state index is 0.132. The number of hydrogen-bond donors (Lipinski definition) is 2. The lowest BCUT2D eigenvalue weighted by molar-refractivity contribution is -0.114. The van der Waals surface area contributed by atoms with Crippen LogP contribution in [0.1, 0.15) is 0 Å². The molecule has 2 aromatic carbocycles. The van der Waals surface area contributed by atoms with Gasteiger partial charge in [-0.25, -0.2) is 0 Å². The van der Waals surface area contributed by atoms with Crippen molar-refractivity contribution in [2.24, 2.45) is 0 Å². The maximum atomic E-state index is 11.8. The van der Waals surface area contributed by atoms with Crippen molar-refractivity contribution in [2.45, 2.75) is 0 Å². The quantitative estimate of drug-likeness (QED) is 0.707. The van der Waals surface area contributed by atoms with Crippen molar-refractivity contribution in [1.29, 1.82) is 0 Å². The number of carbonyl (C=O) groups excluding carboxylic acids is 1. The number of benzene rings is 2. The summed E-state index contributed by atoms with van der Waals surface area (Å²) >= 11 is 14.1. The molecule has 2 aromatic rings. The van der Waals surface area contributed by atoms with E-state index in [-0.39, 0.29) is 12.5 Å². The highest BCUT2D eigenvalue weighted by Crippen LogP contribution is 2.23. The summed E-state index contributed by atoms with van der Waals surface area (Å²) in [5, 5.41) is 6.92. The maximum absolute atomic E-state index is 11.8. The molecular weight excluding hydrogens is 410 g/mol. The number of rotatable bonds is 4. The van der Waals surface area contributed by atoms with Crippen molar-refractivity contribution < 1.29 is 4.79 Å². The van der Waals surface area contributed by atoms with E-state index in [1.807, 2.05) is 18.2 Å². The van der Waals surface area contributed by atoms with Crippen LogP contribution in [0, 0.1) is 3.57 Å². The first-order valence-corrected chi connectivity index (χ1v) is 7.62.